The van der Waals surface area contributed by atoms with Gasteiger partial charge in [-0.2, -0.15) is 5.26 Å². The molecule has 0 fully saturated rings. The number of rotatable bonds is 5. The SMILES string of the molecule is Cc1ccc(NC(=O)c2ccccc2NS(=O)(=O)c2ccccc2C#N)cc1. The van der Waals surface area contributed by atoms with Gasteiger partial charge in [-0.25, -0.2) is 8.42 Å². The minimum atomic E-state index is -4.04. The second-order valence-electron chi connectivity index (χ2n) is 6.08. The summed E-state index contributed by atoms with van der Waals surface area (Å²) in [5.41, 5.74) is 1.97. The van der Waals surface area contributed by atoms with E-state index >= 15 is 0 Å². The van der Waals surface area contributed by atoms with E-state index in [1.807, 2.05) is 25.1 Å². The maximum atomic E-state index is 12.8. The Kier molecular flexibility index (Phi) is 5.43. The first-order valence-electron chi connectivity index (χ1n) is 8.40. The highest BCUT2D eigenvalue weighted by atomic mass is 32.2. The topological polar surface area (TPSA) is 99.1 Å². The number of carbonyl (C=O) groups is 1. The molecule has 0 saturated heterocycles. The van der Waals surface area contributed by atoms with Crippen LogP contribution in [-0.4, -0.2) is 14.3 Å². The fourth-order valence-electron chi connectivity index (χ4n) is 2.60. The number of sulfonamides is 1. The second kappa shape index (κ2) is 7.94. The molecule has 0 aliphatic heterocycles. The molecule has 0 radical (unpaired) electrons. The quantitative estimate of drug-likeness (QED) is 0.688. The zero-order valence-electron chi connectivity index (χ0n) is 15.0. The predicted octanol–water partition coefficient (Wildman–Crippen LogP) is 3.92. The molecule has 3 rings (SSSR count). The molecule has 1 amide bonds. The van der Waals surface area contributed by atoms with Gasteiger partial charge in [-0.1, -0.05) is 42.0 Å². The molecule has 3 aromatic rings. The van der Waals surface area contributed by atoms with Crippen LogP contribution >= 0.6 is 0 Å². The lowest BCUT2D eigenvalue weighted by Crippen LogP contribution is -2.19. The van der Waals surface area contributed by atoms with E-state index in [0.29, 0.717) is 5.69 Å². The Labute approximate surface area is 163 Å². The summed E-state index contributed by atoms with van der Waals surface area (Å²) in [7, 11) is -4.04. The number of para-hydroxylation sites is 1. The third kappa shape index (κ3) is 4.19. The van der Waals surface area contributed by atoms with Crippen molar-refractivity contribution < 1.29 is 13.2 Å². The van der Waals surface area contributed by atoms with Gasteiger partial charge in [0.15, 0.2) is 0 Å². The standard InChI is InChI=1S/C21H17N3O3S/c1-15-10-12-17(13-11-15)23-21(25)18-7-3-4-8-19(18)24-28(26,27)20-9-5-2-6-16(20)14-22/h2-13,24H,1H3,(H,23,25). The zero-order chi connectivity index (χ0) is 20.1. The number of carbonyl (C=O) groups excluding carboxylic acids is 1. The average Bonchev–Trinajstić information content (AvgIpc) is 2.69. The highest BCUT2D eigenvalue weighted by Gasteiger charge is 2.21. The summed E-state index contributed by atoms with van der Waals surface area (Å²) in [6.45, 7) is 1.94. The fraction of sp³-hybridized carbons (Fsp3) is 0.0476. The normalized spacial score (nSPS) is 10.7. The number of nitrogens with one attached hydrogen (secondary N) is 2. The lowest BCUT2D eigenvalue weighted by Gasteiger charge is -2.13. The molecule has 28 heavy (non-hydrogen) atoms. The summed E-state index contributed by atoms with van der Waals surface area (Å²) in [5.74, 6) is -0.448. The molecule has 3 aromatic carbocycles. The highest BCUT2D eigenvalue weighted by molar-refractivity contribution is 7.92. The summed E-state index contributed by atoms with van der Waals surface area (Å²) in [4.78, 5) is 12.5. The molecular formula is C21H17N3O3S. The number of benzene rings is 3. The summed E-state index contributed by atoms with van der Waals surface area (Å²) in [5, 5.41) is 11.9. The molecule has 6 nitrogen and oxygen atoms in total. The van der Waals surface area contributed by atoms with Gasteiger partial charge in [-0.05, 0) is 43.3 Å². The van der Waals surface area contributed by atoms with Crippen LogP contribution in [0, 0.1) is 18.3 Å². The van der Waals surface area contributed by atoms with Crippen molar-refractivity contribution in [3.63, 3.8) is 0 Å². The Morgan fingerprint density at radius 3 is 2.29 bits per heavy atom. The van der Waals surface area contributed by atoms with Gasteiger partial charge in [0.25, 0.3) is 15.9 Å². The monoisotopic (exact) mass is 391 g/mol. The third-order valence-corrected chi connectivity index (χ3v) is 5.45. The van der Waals surface area contributed by atoms with Crippen LogP contribution in [-0.2, 0) is 10.0 Å². The van der Waals surface area contributed by atoms with Gasteiger partial charge in [0, 0.05) is 5.69 Å². The van der Waals surface area contributed by atoms with E-state index in [4.69, 9.17) is 5.26 Å². The molecule has 0 aliphatic carbocycles. The minimum Gasteiger partial charge on any atom is -0.322 e. The molecule has 0 atom stereocenters. The molecule has 140 valence electrons. The largest absolute Gasteiger partial charge is 0.322 e. The molecule has 2 N–H and O–H groups in total. The molecule has 7 heteroatoms. The Morgan fingerprint density at radius 1 is 0.929 bits per heavy atom. The second-order valence-corrected chi connectivity index (χ2v) is 7.73. The predicted molar refractivity (Wildman–Crippen MR) is 108 cm³/mol. The van der Waals surface area contributed by atoms with Crippen LogP contribution in [0.2, 0.25) is 0 Å². The van der Waals surface area contributed by atoms with Gasteiger partial charge in [0.2, 0.25) is 0 Å². The van der Waals surface area contributed by atoms with Crippen molar-refractivity contribution in [2.24, 2.45) is 0 Å². The van der Waals surface area contributed by atoms with Crippen molar-refractivity contribution in [2.45, 2.75) is 11.8 Å². The molecular weight excluding hydrogens is 374 g/mol. The first-order chi connectivity index (χ1) is 13.4. The van der Waals surface area contributed by atoms with Crippen molar-refractivity contribution in [1.29, 1.82) is 5.26 Å². The molecule has 0 heterocycles. The Bertz CT molecular complexity index is 1160. The summed E-state index contributed by atoms with van der Waals surface area (Å²) in [6.07, 6.45) is 0. The van der Waals surface area contributed by atoms with Crippen LogP contribution in [0.3, 0.4) is 0 Å². The number of nitrogens with zero attached hydrogens (tertiary/aromatic N) is 1. The highest BCUT2D eigenvalue weighted by Crippen LogP contribution is 2.23. The Morgan fingerprint density at radius 2 is 1.57 bits per heavy atom. The summed E-state index contributed by atoms with van der Waals surface area (Å²) >= 11 is 0. The van der Waals surface area contributed by atoms with Crippen LogP contribution in [0.4, 0.5) is 11.4 Å². The minimum absolute atomic E-state index is 0.0246. The molecule has 0 spiro atoms. The van der Waals surface area contributed by atoms with Crippen molar-refractivity contribution in [2.75, 3.05) is 10.0 Å². The van der Waals surface area contributed by atoms with Crippen LogP contribution in [0.5, 0.6) is 0 Å². The van der Waals surface area contributed by atoms with Gasteiger partial charge in [-0.15, -0.1) is 0 Å². The van der Waals surface area contributed by atoms with Crippen LogP contribution < -0.4 is 10.0 Å². The molecule has 0 bridgehead atoms. The van der Waals surface area contributed by atoms with Gasteiger partial charge in [-0.3, -0.25) is 9.52 Å². The fourth-order valence-corrected chi connectivity index (χ4v) is 3.84. The first kappa shape index (κ1) is 19.1. The zero-order valence-corrected chi connectivity index (χ0v) is 15.8. The van der Waals surface area contributed by atoms with Gasteiger partial charge >= 0.3 is 0 Å². The van der Waals surface area contributed by atoms with E-state index in [1.165, 1.54) is 30.3 Å². The lowest BCUT2D eigenvalue weighted by molar-refractivity contribution is 0.102. The van der Waals surface area contributed by atoms with Gasteiger partial charge in [0.05, 0.1) is 16.8 Å². The smallest absolute Gasteiger partial charge is 0.263 e. The number of hydrogen-bond donors (Lipinski definition) is 2. The van der Waals surface area contributed by atoms with Crippen LogP contribution in [0.25, 0.3) is 0 Å². The average molecular weight is 391 g/mol. The van der Waals surface area contributed by atoms with Crippen molar-refractivity contribution in [3.05, 3.63) is 89.5 Å². The number of aryl methyl sites for hydroxylation is 1. The van der Waals surface area contributed by atoms with Gasteiger partial charge in [0.1, 0.15) is 11.0 Å². The van der Waals surface area contributed by atoms with E-state index < -0.39 is 15.9 Å². The third-order valence-electron chi connectivity index (χ3n) is 4.02. The molecule has 0 unspecified atom stereocenters. The lowest BCUT2D eigenvalue weighted by atomic mass is 10.1. The van der Waals surface area contributed by atoms with Crippen LogP contribution in [0.15, 0.2) is 77.7 Å². The van der Waals surface area contributed by atoms with E-state index in [0.717, 1.165) is 5.56 Å². The summed E-state index contributed by atoms with van der Waals surface area (Å²) in [6, 6.07) is 21.3. The molecule has 0 aliphatic rings. The first-order valence-corrected chi connectivity index (χ1v) is 9.88. The van der Waals surface area contributed by atoms with Crippen molar-refractivity contribution in [1.82, 2.24) is 0 Å². The van der Waals surface area contributed by atoms with E-state index in [1.54, 1.807) is 30.3 Å². The molecule has 0 saturated carbocycles. The number of amides is 1. The number of nitriles is 1. The maximum absolute atomic E-state index is 12.8. The number of hydrogen-bond acceptors (Lipinski definition) is 4. The Hall–Kier alpha value is -3.63. The van der Waals surface area contributed by atoms with Gasteiger partial charge < -0.3 is 5.32 Å². The Balaban J connectivity index is 1.91. The maximum Gasteiger partial charge on any atom is 0.263 e. The van der Waals surface area contributed by atoms with Crippen molar-refractivity contribution in [3.8, 4) is 6.07 Å². The number of anilines is 2. The van der Waals surface area contributed by atoms with E-state index in [9.17, 15) is 13.2 Å². The van der Waals surface area contributed by atoms with E-state index in [2.05, 4.69) is 10.0 Å². The molecule has 0 aromatic heterocycles. The van der Waals surface area contributed by atoms with Crippen LogP contribution in [0.1, 0.15) is 21.5 Å². The van der Waals surface area contributed by atoms with E-state index in [-0.39, 0.29) is 21.7 Å². The van der Waals surface area contributed by atoms with Crippen molar-refractivity contribution >= 4 is 27.3 Å². The summed E-state index contributed by atoms with van der Waals surface area (Å²) < 4.78 is 27.9.